The largest absolute Gasteiger partial charge is 0.513 e. The smallest absolute Gasteiger partial charge is 0.510 e. The SMILES string of the molecule is Oc1c([B-](F)(F)F)cccc1C(F)(F)F. The van der Waals surface area contributed by atoms with Gasteiger partial charge < -0.3 is 18.1 Å². The van der Waals surface area contributed by atoms with Crippen LogP contribution in [-0.2, 0) is 6.18 Å². The molecule has 0 saturated carbocycles. The van der Waals surface area contributed by atoms with Crippen molar-refractivity contribution in [2.45, 2.75) is 6.18 Å². The molecule has 0 unspecified atom stereocenters. The first-order valence-electron chi connectivity index (χ1n) is 3.73. The van der Waals surface area contributed by atoms with Gasteiger partial charge in [0.25, 0.3) is 0 Å². The van der Waals surface area contributed by atoms with Gasteiger partial charge in [-0.15, -0.1) is 0 Å². The number of rotatable bonds is 1. The molecule has 0 heterocycles. The molecule has 0 aliphatic heterocycles. The van der Waals surface area contributed by atoms with Gasteiger partial charge in [0.05, 0.1) is 5.56 Å². The van der Waals surface area contributed by atoms with Gasteiger partial charge in [0.15, 0.2) is 0 Å². The summed E-state index contributed by atoms with van der Waals surface area (Å²) in [6.07, 6.45) is -5.00. The fraction of sp³-hybridized carbons (Fsp3) is 0.143. The lowest BCUT2D eigenvalue weighted by molar-refractivity contribution is -0.138. The minimum atomic E-state index is -5.65. The summed E-state index contributed by atoms with van der Waals surface area (Å²) in [5.74, 6) is -1.77. The Labute approximate surface area is 80.4 Å². The highest BCUT2D eigenvalue weighted by molar-refractivity contribution is 6.74. The number of benzene rings is 1. The first-order valence-corrected chi connectivity index (χ1v) is 3.73. The molecule has 0 radical (unpaired) electrons. The van der Waals surface area contributed by atoms with Crippen LogP contribution in [-0.4, -0.2) is 12.1 Å². The van der Waals surface area contributed by atoms with Crippen molar-refractivity contribution in [1.29, 1.82) is 0 Å². The summed E-state index contributed by atoms with van der Waals surface area (Å²) >= 11 is 0. The topological polar surface area (TPSA) is 20.2 Å². The van der Waals surface area contributed by atoms with Crippen LogP contribution in [0.4, 0.5) is 26.1 Å². The highest BCUT2D eigenvalue weighted by Gasteiger charge is 2.38. The second-order valence-electron chi connectivity index (χ2n) is 2.82. The molecule has 0 fully saturated rings. The van der Waals surface area contributed by atoms with Crippen molar-refractivity contribution in [2.75, 3.05) is 0 Å². The number of hydrogen-bond acceptors (Lipinski definition) is 1. The molecule has 0 aromatic heterocycles. The monoisotopic (exact) mass is 229 g/mol. The van der Waals surface area contributed by atoms with Crippen LogP contribution in [0.15, 0.2) is 18.2 Å². The molecule has 8 heteroatoms. The van der Waals surface area contributed by atoms with Crippen LogP contribution in [0.1, 0.15) is 5.56 Å². The molecule has 0 spiro atoms. The van der Waals surface area contributed by atoms with E-state index in [2.05, 4.69) is 0 Å². The van der Waals surface area contributed by atoms with Crippen molar-refractivity contribution >= 4 is 12.4 Å². The molecule has 1 aromatic carbocycles. The van der Waals surface area contributed by atoms with Crippen LogP contribution in [0.25, 0.3) is 0 Å². The first-order chi connectivity index (χ1) is 6.64. The zero-order chi connectivity index (χ0) is 11.9. The third-order valence-corrected chi connectivity index (χ3v) is 1.73. The summed E-state index contributed by atoms with van der Waals surface area (Å²) in [6.45, 7) is -5.65. The van der Waals surface area contributed by atoms with Crippen LogP contribution in [0.2, 0.25) is 0 Å². The highest BCUT2D eigenvalue weighted by Crippen LogP contribution is 2.35. The molecule has 1 rings (SSSR count). The highest BCUT2D eigenvalue weighted by atomic mass is 19.4. The summed E-state index contributed by atoms with van der Waals surface area (Å²) in [6, 6.07) is 1.40. The molecule has 0 atom stereocenters. The summed E-state index contributed by atoms with van der Waals surface area (Å²) in [7, 11) is 0. The van der Waals surface area contributed by atoms with E-state index in [0.29, 0.717) is 18.2 Å². The van der Waals surface area contributed by atoms with Gasteiger partial charge in [-0.3, -0.25) is 0 Å². The maximum atomic E-state index is 12.2. The average molecular weight is 229 g/mol. The summed E-state index contributed by atoms with van der Waals surface area (Å²) in [5, 5.41) is 8.84. The van der Waals surface area contributed by atoms with Crippen molar-refractivity contribution in [3.8, 4) is 5.75 Å². The minimum absolute atomic E-state index is 0.390. The summed E-state index contributed by atoms with van der Waals surface area (Å²) < 4.78 is 72.7. The van der Waals surface area contributed by atoms with Gasteiger partial charge in [-0.25, -0.2) is 0 Å². The number of phenols is 1. The zero-order valence-corrected chi connectivity index (χ0v) is 7.02. The molecular formula is C7H4BF6O-. The third kappa shape index (κ3) is 2.37. The van der Waals surface area contributed by atoms with E-state index in [1.165, 1.54) is 0 Å². The van der Waals surface area contributed by atoms with Gasteiger partial charge in [0.1, 0.15) is 5.75 Å². The Bertz CT molecular complexity index is 336. The van der Waals surface area contributed by atoms with Crippen LogP contribution in [0.3, 0.4) is 0 Å². The summed E-state index contributed by atoms with van der Waals surface area (Å²) in [5.41, 5.74) is -3.32. The first kappa shape index (κ1) is 11.7. The van der Waals surface area contributed by atoms with Crippen molar-refractivity contribution in [3.63, 3.8) is 0 Å². The van der Waals surface area contributed by atoms with Crippen molar-refractivity contribution < 1.29 is 31.2 Å². The second kappa shape index (κ2) is 3.35. The minimum Gasteiger partial charge on any atom is -0.510 e. The van der Waals surface area contributed by atoms with Crippen LogP contribution < -0.4 is 5.46 Å². The van der Waals surface area contributed by atoms with E-state index in [9.17, 15) is 26.1 Å². The van der Waals surface area contributed by atoms with E-state index < -0.39 is 29.9 Å². The molecule has 0 aliphatic rings. The number of phenolic OH excluding ortho intramolecular Hbond substituents is 1. The van der Waals surface area contributed by atoms with Gasteiger partial charge >= 0.3 is 13.2 Å². The quantitative estimate of drug-likeness (QED) is 0.579. The van der Waals surface area contributed by atoms with Crippen LogP contribution in [0.5, 0.6) is 5.75 Å². The van der Waals surface area contributed by atoms with Crippen LogP contribution in [0, 0.1) is 0 Å². The molecule has 0 saturated heterocycles. The Morgan fingerprint density at radius 2 is 1.60 bits per heavy atom. The Kier molecular flexibility index (Phi) is 2.63. The van der Waals surface area contributed by atoms with Crippen molar-refractivity contribution in [1.82, 2.24) is 0 Å². The van der Waals surface area contributed by atoms with Crippen molar-refractivity contribution in [3.05, 3.63) is 23.8 Å². The maximum Gasteiger partial charge on any atom is 0.513 e. The lowest BCUT2D eigenvalue weighted by atomic mass is 9.78. The average Bonchev–Trinajstić information content (AvgIpc) is 1.99. The van der Waals surface area contributed by atoms with Gasteiger partial charge in [-0.1, -0.05) is 17.6 Å². The van der Waals surface area contributed by atoms with Gasteiger partial charge in [-0.2, -0.15) is 13.2 Å². The van der Waals surface area contributed by atoms with E-state index in [4.69, 9.17) is 5.11 Å². The Hall–Kier alpha value is -1.34. The Balaban J connectivity index is 3.37. The fourth-order valence-corrected chi connectivity index (χ4v) is 1.05. The number of para-hydroxylation sites is 1. The zero-order valence-electron chi connectivity index (χ0n) is 7.02. The summed E-state index contributed by atoms with van der Waals surface area (Å²) in [4.78, 5) is 0. The van der Waals surface area contributed by atoms with E-state index in [1.807, 2.05) is 0 Å². The molecule has 1 nitrogen and oxygen atoms in total. The van der Waals surface area contributed by atoms with Gasteiger partial charge in [-0.05, 0) is 6.07 Å². The number of hydrogen-bond donors (Lipinski definition) is 1. The predicted octanol–water partition coefficient (Wildman–Crippen LogP) is 2.47. The number of alkyl halides is 3. The lowest BCUT2D eigenvalue weighted by Crippen LogP contribution is -2.35. The molecule has 15 heavy (non-hydrogen) atoms. The molecule has 0 amide bonds. The molecule has 1 N–H and O–H groups in total. The molecule has 0 bridgehead atoms. The normalized spacial score (nSPS) is 12.9. The predicted molar refractivity (Wildman–Crippen MR) is 41.8 cm³/mol. The van der Waals surface area contributed by atoms with Gasteiger partial charge in [0.2, 0.25) is 0 Å². The molecule has 1 aromatic rings. The molecular weight excluding hydrogens is 225 g/mol. The van der Waals surface area contributed by atoms with Crippen LogP contribution >= 0.6 is 0 Å². The number of aromatic hydroxyl groups is 1. The Morgan fingerprint density at radius 1 is 1.07 bits per heavy atom. The van der Waals surface area contributed by atoms with E-state index in [1.54, 1.807) is 0 Å². The standard InChI is InChI=1S/C7H4BF6O/c9-7(10,11)4-2-1-3-5(6(4)15)8(12,13)14/h1-3,15H/q-1. The molecule has 84 valence electrons. The fourth-order valence-electron chi connectivity index (χ4n) is 1.05. The Morgan fingerprint density at radius 3 is 2.00 bits per heavy atom. The number of halogens is 6. The lowest BCUT2D eigenvalue weighted by Gasteiger charge is -2.19. The van der Waals surface area contributed by atoms with Crippen molar-refractivity contribution in [2.24, 2.45) is 0 Å². The second-order valence-corrected chi connectivity index (χ2v) is 2.82. The maximum absolute atomic E-state index is 12.2. The van der Waals surface area contributed by atoms with E-state index in [0.717, 1.165) is 0 Å². The molecule has 0 aliphatic carbocycles. The third-order valence-electron chi connectivity index (χ3n) is 1.73. The van der Waals surface area contributed by atoms with Gasteiger partial charge in [0, 0.05) is 0 Å². The van der Waals surface area contributed by atoms with E-state index >= 15 is 0 Å². The van der Waals surface area contributed by atoms with E-state index in [-0.39, 0.29) is 0 Å².